The molecule has 1 aromatic heterocycles. The van der Waals surface area contributed by atoms with Gasteiger partial charge in [0.1, 0.15) is 11.5 Å². The summed E-state index contributed by atoms with van der Waals surface area (Å²) in [4.78, 5) is 7.42. The lowest BCUT2D eigenvalue weighted by Crippen LogP contribution is -2.44. The molecule has 140 valence electrons. The monoisotopic (exact) mass is 365 g/mol. The van der Waals surface area contributed by atoms with Gasteiger partial charge in [0.15, 0.2) is 0 Å². The average molecular weight is 365 g/mol. The Morgan fingerprint density at radius 2 is 1.88 bits per heavy atom. The molecule has 0 saturated carbocycles. The van der Waals surface area contributed by atoms with Gasteiger partial charge in [0.2, 0.25) is 0 Å². The number of pyridine rings is 1. The van der Waals surface area contributed by atoms with E-state index >= 15 is 0 Å². The maximum atomic E-state index is 12.8. The van der Waals surface area contributed by atoms with Crippen molar-refractivity contribution < 1.29 is 18.3 Å². The first-order chi connectivity index (χ1) is 12.3. The van der Waals surface area contributed by atoms with Crippen molar-refractivity contribution in [3.63, 3.8) is 0 Å². The van der Waals surface area contributed by atoms with Crippen molar-refractivity contribution in [2.45, 2.75) is 24.7 Å². The van der Waals surface area contributed by atoms with Gasteiger partial charge in [-0.1, -0.05) is 36.4 Å². The standard InChI is InChI=1S/C19H22F3N3O/c1-24(17-9-5-8-16(23-17)19(20,21)22)13-18(26)10-11-25(14-18)12-15-6-3-2-4-7-15/h2-9,26H,10-14H2,1H3. The van der Waals surface area contributed by atoms with Crippen LogP contribution < -0.4 is 4.90 Å². The van der Waals surface area contributed by atoms with Gasteiger partial charge in [-0.25, -0.2) is 4.98 Å². The largest absolute Gasteiger partial charge is 0.433 e. The summed E-state index contributed by atoms with van der Waals surface area (Å²) in [5.41, 5.74) is -0.727. The molecule has 0 aliphatic carbocycles. The molecular formula is C19H22F3N3O. The summed E-state index contributed by atoms with van der Waals surface area (Å²) in [6, 6.07) is 13.8. The number of β-amino-alcohol motifs (C(OH)–C–C–N with tert-alkyl or cyclic N) is 1. The van der Waals surface area contributed by atoms with Crippen LogP contribution in [-0.2, 0) is 12.7 Å². The van der Waals surface area contributed by atoms with Gasteiger partial charge in [0, 0.05) is 33.2 Å². The quantitative estimate of drug-likeness (QED) is 0.884. The van der Waals surface area contributed by atoms with Crippen LogP contribution in [0.2, 0.25) is 0 Å². The molecule has 26 heavy (non-hydrogen) atoms. The Labute approximate surface area is 150 Å². The molecule has 1 aliphatic heterocycles. The lowest BCUT2D eigenvalue weighted by molar-refractivity contribution is -0.141. The van der Waals surface area contributed by atoms with Crippen LogP contribution in [0.1, 0.15) is 17.7 Å². The van der Waals surface area contributed by atoms with Crippen molar-refractivity contribution in [2.24, 2.45) is 0 Å². The van der Waals surface area contributed by atoms with E-state index in [1.807, 2.05) is 30.3 Å². The zero-order valence-corrected chi connectivity index (χ0v) is 14.6. The molecule has 2 heterocycles. The first-order valence-corrected chi connectivity index (χ1v) is 8.49. The molecule has 3 rings (SSSR count). The number of likely N-dealkylation sites (N-methyl/N-ethyl adjacent to an activating group) is 1. The number of aromatic nitrogens is 1. The number of halogens is 3. The molecule has 1 fully saturated rings. The molecule has 0 radical (unpaired) electrons. The zero-order valence-electron chi connectivity index (χ0n) is 14.6. The summed E-state index contributed by atoms with van der Waals surface area (Å²) in [6.07, 6.45) is -3.91. The van der Waals surface area contributed by atoms with Crippen LogP contribution >= 0.6 is 0 Å². The van der Waals surface area contributed by atoms with E-state index in [2.05, 4.69) is 9.88 Å². The number of rotatable bonds is 5. The molecule has 1 aliphatic rings. The molecule has 7 heteroatoms. The van der Waals surface area contributed by atoms with Crippen molar-refractivity contribution in [3.8, 4) is 0 Å². The van der Waals surface area contributed by atoms with Crippen molar-refractivity contribution in [3.05, 3.63) is 59.8 Å². The van der Waals surface area contributed by atoms with Crippen LogP contribution in [0.4, 0.5) is 19.0 Å². The summed E-state index contributed by atoms with van der Waals surface area (Å²) in [6.45, 7) is 2.20. The van der Waals surface area contributed by atoms with Gasteiger partial charge in [-0.15, -0.1) is 0 Å². The van der Waals surface area contributed by atoms with Gasteiger partial charge in [-0.05, 0) is 24.1 Å². The van der Waals surface area contributed by atoms with Crippen LogP contribution in [0.15, 0.2) is 48.5 Å². The number of alkyl halides is 3. The van der Waals surface area contributed by atoms with E-state index < -0.39 is 17.5 Å². The minimum Gasteiger partial charge on any atom is -0.387 e. The van der Waals surface area contributed by atoms with Crippen molar-refractivity contribution in [1.82, 2.24) is 9.88 Å². The fourth-order valence-corrected chi connectivity index (χ4v) is 3.36. The summed E-state index contributed by atoms with van der Waals surface area (Å²) in [5, 5.41) is 10.9. The maximum Gasteiger partial charge on any atom is 0.433 e. The van der Waals surface area contributed by atoms with Gasteiger partial charge in [0.25, 0.3) is 0 Å². The highest BCUT2D eigenvalue weighted by atomic mass is 19.4. The molecule has 1 aromatic carbocycles. The van der Waals surface area contributed by atoms with E-state index in [1.165, 1.54) is 17.7 Å². The highest BCUT2D eigenvalue weighted by molar-refractivity contribution is 5.39. The molecule has 0 amide bonds. The number of hydrogen-bond donors (Lipinski definition) is 1. The Hall–Kier alpha value is -2.12. The van der Waals surface area contributed by atoms with E-state index in [9.17, 15) is 18.3 Å². The second-order valence-electron chi connectivity index (χ2n) is 6.91. The number of aliphatic hydroxyl groups is 1. The van der Waals surface area contributed by atoms with Gasteiger partial charge < -0.3 is 10.0 Å². The second kappa shape index (κ2) is 7.25. The molecular weight excluding hydrogens is 343 g/mol. The topological polar surface area (TPSA) is 39.6 Å². The fourth-order valence-electron chi connectivity index (χ4n) is 3.36. The Morgan fingerprint density at radius 1 is 1.15 bits per heavy atom. The number of hydrogen-bond acceptors (Lipinski definition) is 4. The second-order valence-corrected chi connectivity index (χ2v) is 6.91. The molecule has 1 unspecified atom stereocenters. The minimum atomic E-state index is -4.48. The van der Waals surface area contributed by atoms with Crippen molar-refractivity contribution in [1.29, 1.82) is 0 Å². The Bertz CT molecular complexity index is 738. The first-order valence-electron chi connectivity index (χ1n) is 8.49. The highest BCUT2D eigenvalue weighted by Crippen LogP contribution is 2.30. The maximum absolute atomic E-state index is 12.8. The van der Waals surface area contributed by atoms with Crippen LogP contribution in [0.3, 0.4) is 0 Å². The molecule has 0 bridgehead atoms. The zero-order chi connectivity index (χ0) is 18.8. The third-order valence-corrected chi connectivity index (χ3v) is 4.61. The Balaban J connectivity index is 1.63. The molecule has 1 N–H and O–H groups in total. The van der Waals surface area contributed by atoms with Crippen LogP contribution in [0, 0.1) is 0 Å². The Morgan fingerprint density at radius 3 is 2.58 bits per heavy atom. The predicted octanol–water partition coefficient (Wildman–Crippen LogP) is 3.17. The molecule has 4 nitrogen and oxygen atoms in total. The molecule has 1 atom stereocenters. The average Bonchev–Trinajstić information content (AvgIpc) is 2.95. The predicted molar refractivity (Wildman–Crippen MR) is 93.8 cm³/mol. The highest BCUT2D eigenvalue weighted by Gasteiger charge is 2.38. The Kier molecular flexibility index (Phi) is 5.20. The summed E-state index contributed by atoms with van der Waals surface area (Å²) < 4.78 is 38.5. The number of nitrogens with zero attached hydrogens (tertiary/aromatic N) is 3. The number of anilines is 1. The summed E-state index contributed by atoms with van der Waals surface area (Å²) >= 11 is 0. The van der Waals surface area contributed by atoms with E-state index in [4.69, 9.17) is 0 Å². The van der Waals surface area contributed by atoms with Crippen LogP contribution in [0.25, 0.3) is 0 Å². The number of likely N-dealkylation sites (tertiary alicyclic amines) is 1. The molecule has 1 saturated heterocycles. The first kappa shape index (κ1) is 18.7. The van der Waals surface area contributed by atoms with Gasteiger partial charge in [-0.3, -0.25) is 4.90 Å². The van der Waals surface area contributed by atoms with Crippen molar-refractivity contribution >= 4 is 5.82 Å². The van der Waals surface area contributed by atoms with E-state index in [1.54, 1.807) is 11.9 Å². The summed E-state index contributed by atoms with van der Waals surface area (Å²) in [5.74, 6) is 0.203. The molecule has 2 aromatic rings. The normalized spacial score (nSPS) is 21.1. The van der Waals surface area contributed by atoms with Gasteiger partial charge in [0.05, 0.1) is 5.60 Å². The SMILES string of the molecule is CN(CC1(O)CCN(Cc2ccccc2)C1)c1cccc(C(F)(F)F)n1. The number of benzene rings is 1. The van der Waals surface area contributed by atoms with Crippen molar-refractivity contribution in [2.75, 3.05) is 31.6 Å². The van der Waals surface area contributed by atoms with Crippen LogP contribution in [-0.4, -0.2) is 47.3 Å². The lowest BCUT2D eigenvalue weighted by Gasteiger charge is -2.30. The van der Waals surface area contributed by atoms with Gasteiger partial charge in [-0.2, -0.15) is 13.2 Å². The third kappa shape index (κ3) is 4.53. The van der Waals surface area contributed by atoms with E-state index in [0.717, 1.165) is 19.2 Å². The fraction of sp³-hybridized carbons (Fsp3) is 0.421. The summed E-state index contributed by atoms with van der Waals surface area (Å²) in [7, 11) is 1.65. The lowest BCUT2D eigenvalue weighted by atomic mass is 10.0. The molecule has 0 spiro atoms. The van der Waals surface area contributed by atoms with Gasteiger partial charge >= 0.3 is 6.18 Å². The smallest absolute Gasteiger partial charge is 0.387 e. The van der Waals surface area contributed by atoms with Crippen LogP contribution in [0.5, 0.6) is 0 Å². The third-order valence-electron chi connectivity index (χ3n) is 4.61. The van der Waals surface area contributed by atoms with E-state index in [-0.39, 0.29) is 12.4 Å². The van der Waals surface area contributed by atoms with E-state index in [0.29, 0.717) is 13.0 Å². The minimum absolute atomic E-state index is 0.203.